The van der Waals surface area contributed by atoms with E-state index in [2.05, 4.69) is 58.4 Å². The lowest BCUT2D eigenvalue weighted by atomic mass is 10.0. The molecular weight excluding hydrogens is 993 g/mol. The van der Waals surface area contributed by atoms with E-state index in [4.69, 9.17) is 16.6 Å². The number of carbonyl (C=O) groups excluding carboxylic acids is 6. The lowest BCUT2D eigenvalue weighted by molar-refractivity contribution is -0.141. The smallest absolute Gasteiger partial charge is 0.327 e. The summed E-state index contributed by atoms with van der Waals surface area (Å²) < 4.78 is 0. The molecule has 0 aromatic carbocycles. The Hall–Kier alpha value is -3.44. The molecule has 0 rings (SSSR count). The first-order chi connectivity index (χ1) is 37.4. The minimum Gasteiger partial charge on any atom is -0.480 e. The van der Waals surface area contributed by atoms with Crippen molar-refractivity contribution in [2.75, 3.05) is 31.9 Å². The number of thiol groups is 1. The molecule has 0 aromatic heterocycles. The Morgan fingerprint density at radius 1 is 0.351 bits per heavy atom. The number of aliphatic carboxylic acids is 1. The number of carboxylic acids is 1. The summed E-state index contributed by atoms with van der Waals surface area (Å²) in [5, 5.41) is 26.4. The van der Waals surface area contributed by atoms with Gasteiger partial charge in [0.05, 0.1) is 0 Å². The third-order valence-electron chi connectivity index (χ3n) is 14.5. The van der Waals surface area contributed by atoms with Gasteiger partial charge in [-0.1, -0.05) is 187 Å². The number of nitrogens with one attached hydrogen (secondary N) is 6. The second-order valence-corrected chi connectivity index (χ2v) is 22.1. The van der Waals surface area contributed by atoms with E-state index >= 15 is 0 Å². The molecule has 450 valence electrons. The van der Waals surface area contributed by atoms with Crippen LogP contribution in [0, 0.1) is 0 Å². The summed E-state index contributed by atoms with van der Waals surface area (Å²) in [6.07, 6.45) is 40.2. The first-order valence-electron chi connectivity index (χ1n) is 31.4. The predicted molar refractivity (Wildman–Crippen MR) is 319 cm³/mol. The fraction of sp³-hybridized carbons (Fsp3) is 0.883. The molecule has 0 aromatic rings. The van der Waals surface area contributed by atoms with E-state index in [1.807, 2.05) is 0 Å². The molecule has 77 heavy (non-hydrogen) atoms. The van der Waals surface area contributed by atoms with E-state index < -0.39 is 42.0 Å². The van der Waals surface area contributed by atoms with Crippen molar-refractivity contribution in [3.05, 3.63) is 0 Å². The van der Waals surface area contributed by atoms with Crippen LogP contribution in [-0.4, -0.2) is 103 Å². The van der Waals surface area contributed by atoms with Crippen molar-refractivity contribution in [2.24, 2.45) is 11.5 Å². The van der Waals surface area contributed by atoms with Crippen molar-refractivity contribution < 1.29 is 38.7 Å². The van der Waals surface area contributed by atoms with Crippen LogP contribution in [0.25, 0.3) is 0 Å². The van der Waals surface area contributed by atoms with Gasteiger partial charge >= 0.3 is 5.97 Å². The summed E-state index contributed by atoms with van der Waals surface area (Å²) in [5.41, 5.74) is 11.6. The SMILES string of the molecule is CCCCCCCCCCCCCCCC(=O)NCCCCC[C@H](NC(=O)CCCCCCCCCCCCCCC)C(=O)N[C@@H](CCCCN)C(=O)N[C@@H](CCCCN)C(=O)NCCCCCC(=O)N[C@@H](CS)C(=O)O. The van der Waals surface area contributed by atoms with E-state index in [-0.39, 0.29) is 35.8 Å². The minimum absolute atomic E-state index is 0.0152. The maximum absolute atomic E-state index is 14.2. The molecule has 0 spiro atoms. The molecule has 0 saturated carbocycles. The summed E-state index contributed by atoms with van der Waals surface area (Å²) in [7, 11) is 0. The summed E-state index contributed by atoms with van der Waals surface area (Å²) in [4.78, 5) is 91.1. The topological polar surface area (TPSA) is 264 Å². The van der Waals surface area contributed by atoms with Gasteiger partial charge in [-0.05, 0) is 90.1 Å². The minimum atomic E-state index is -1.15. The predicted octanol–water partition coefficient (Wildman–Crippen LogP) is 10.5. The lowest BCUT2D eigenvalue weighted by Gasteiger charge is -2.25. The van der Waals surface area contributed by atoms with Gasteiger partial charge in [0.25, 0.3) is 0 Å². The zero-order chi connectivity index (χ0) is 56.8. The molecule has 0 aliphatic rings. The van der Waals surface area contributed by atoms with Gasteiger partial charge in [-0.3, -0.25) is 28.8 Å². The summed E-state index contributed by atoms with van der Waals surface area (Å²) in [6.45, 7) is 6.19. The van der Waals surface area contributed by atoms with Gasteiger partial charge < -0.3 is 48.5 Å². The van der Waals surface area contributed by atoms with Crippen molar-refractivity contribution in [2.45, 2.75) is 308 Å². The highest BCUT2D eigenvalue weighted by atomic mass is 32.1. The van der Waals surface area contributed by atoms with Crippen LogP contribution in [0.3, 0.4) is 0 Å². The second kappa shape index (κ2) is 54.5. The fourth-order valence-corrected chi connectivity index (χ4v) is 9.80. The quantitative estimate of drug-likeness (QED) is 0.0203. The Balaban J connectivity index is 5.42. The number of rotatable bonds is 57. The third-order valence-corrected chi connectivity index (χ3v) is 14.9. The van der Waals surface area contributed by atoms with Crippen LogP contribution in [0.2, 0.25) is 0 Å². The Morgan fingerprint density at radius 3 is 1.03 bits per heavy atom. The highest BCUT2D eigenvalue weighted by Gasteiger charge is 2.29. The summed E-state index contributed by atoms with van der Waals surface area (Å²) in [5.74, 6) is -2.98. The van der Waals surface area contributed by atoms with Crippen LogP contribution < -0.4 is 43.4 Å². The average molecular weight is 1110 g/mol. The van der Waals surface area contributed by atoms with Gasteiger partial charge in [0.15, 0.2) is 0 Å². The molecule has 0 unspecified atom stereocenters. The number of carbonyl (C=O) groups is 7. The van der Waals surface area contributed by atoms with Crippen LogP contribution in [-0.2, 0) is 33.6 Å². The number of hydrogen-bond donors (Lipinski definition) is 10. The van der Waals surface area contributed by atoms with Crippen molar-refractivity contribution in [3.8, 4) is 0 Å². The molecule has 0 radical (unpaired) electrons. The van der Waals surface area contributed by atoms with Gasteiger partial charge in [-0.2, -0.15) is 12.6 Å². The molecule has 16 nitrogen and oxygen atoms in total. The van der Waals surface area contributed by atoms with Crippen molar-refractivity contribution in [1.82, 2.24) is 31.9 Å². The van der Waals surface area contributed by atoms with E-state index in [0.717, 1.165) is 51.4 Å². The van der Waals surface area contributed by atoms with Crippen LogP contribution in [0.4, 0.5) is 0 Å². The summed E-state index contributed by atoms with van der Waals surface area (Å²) >= 11 is 3.97. The highest BCUT2D eigenvalue weighted by Crippen LogP contribution is 2.16. The van der Waals surface area contributed by atoms with E-state index in [9.17, 15) is 33.6 Å². The second-order valence-electron chi connectivity index (χ2n) is 21.7. The van der Waals surface area contributed by atoms with Crippen LogP contribution in [0.15, 0.2) is 0 Å². The molecule has 0 bridgehead atoms. The molecule has 17 heteroatoms. The molecule has 0 saturated heterocycles. The van der Waals surface area contributed by atoms with Crippen LogP contribution in [0.1, 0.15) is 284 Å². The molecule has 0 fully saturated rings. The van der Waals surface area contributed by atoms with E-state index in [0.29, 0.717) is 110 Å². The average Bonchev–Trinajstić information content (AvgIpc) is 3.41. The molecular formula is C60H116N8O8S. The molecule has 0 heterocycles. The Labute approximate surface area is 473 Å². The molecule has 11 N–H and O–H groups in total. The van der Waals surface area contributed by atoms with Crippen molar-refractivity contribution >= 4 is 54.0 Å². The fourth-order valence-electron chi connectivity index (χ4n) is 9.55. The monoisotopic (exact) mass is 1110 g/mol. The largest absolute Gasteiger partial charge is 0.480 e. The summed E-state index contributed by atoms with van der Waals surface area (Å²) in [6, 6.07) is -3.77. The van der Waals surface area contributed by atoms with Crippen LogP contribution in [0.5, 0.6) is 0 Å². The third kappa shape index (κ3) is 46.1. The van der Waals surface area contributed by atoms with Gasteiger partial charge in [0.1, 0.15) is 24.2 Å². The van der Waals surface area contributed by atoms with Crippen molar-refractivity contribution in [1.29, 1.82) is 0 Å². The van der Waals surface area contributed by atoms with Crippen LogP contribution >= 0.6 is 12.6 Å². The normalized spacial score (nSPS) is 12.8. The number of amides is 6. The standard InChI is InChI=1S/C60H116N8O8S/c1-3-5-7-9-11-13-15-17-19-21-23-25-30-42-54(69)63-47-37-27-29-39-51(65-55(70)43-31-26-24-22-20-18-16-14-12-10-8-6-4-2)58(73)68-52(41-34-36-46-62)59(74)67-50(40-33-35-45-61)57(72)64-48-38-28-32-44-56(71)66-53(49-77)60(75)76/h50-53,77H,3-49,61-62H2,1-2H3,(H,63,69)(H,64,72)(H,65,70)(H,66,71)(H,67,74)(H,68,73)(H,75,76)/t50-,51-,52-,53-/m0/s1. The number of nitrogens with two attached hydrogens (primary N) is 2. The maximum Gasteiger partial charge on any atom is 0.327 e. The van der Waals surface area contributed by atoms with Gasteiger partial charge in [-0.15, -0.1) is 0 Å². The Morgan fingerprint density at radius 2 is 0.649 bits per heavy atom. The highest BCUT2D eigenvalue weighted by molar-refractivity contribution is 7.80. The van der Waals surface area contributed by atoms with E-state index in [1.165, 1.54) is 128 Å². The molecule has 6 amide bonds. The zero-order valence-corrected chi connectivity index (χ0v) is 49.8. The Bertz CT molecular complexity index is 1490. The van der Waals surface area contributed by atoms with Crippen molar-refractivity contribution in [3.63, 3.8) is 0 Å². The van der Waals surface area contributed by atoms with Gasteiger partial charge in [-0.25, -0.2) is 4.79 Å². The number of hydrogen-bond acceptors (Lipinski definition) is 10. The zero-order valence-electron chi connectivity index (χ0n) is 49.0. The Kier molecular flexibility index (Phi) is 52.1. The maximum atomic E-state index is 14.2. The lowest BCUT2D eigenvalue weighted by Crippen LogP contribution is -2.56. The molecule has 0 aliphatic heterocycles. The van der Waals surface area contributed by atoms with Gasteiger partial charge in [0.2, 0.25) is 35.4 Å². The molecule has 0 aliphatic carbocycles. The number of unbranched alkanes of at least 4 members (excludes halogenated alkanes) is 30. The molecule has 4 atom stereocenters. The van der Waals surface area contributed by atoms with Gasteiger partial charge in [0, 0.05) is 38.1 Å². The number of carboxylic acid groups (broad SMARTS) is 1. The van der Waals surface area contributed by atoms with E-state index in [1.54, 1.807) is 0 Å². The first-order valence-corrected chi connectivity index (χ1v) is 32.0. The first kappa shape index (κ1) is 73.6.